The fourth-order valence-electron chi connectivity index (χ4n) is 3.37. The molecule has 1 fully saturated rings. The number of benzene rings is 1. The molecule has 2 N–H and O–H groups in total. The van der Waals surface area contributed by atoms with Crippen LogP contribution < -0.4 is 5.73 Å². The SMILES string of the molecule is CCC(C)c1ccc(C(N)CCC2CCCCC2)cc1. The smallest absolute Gasteiger partial charge is 0.0294 e. The number of nitrogens with two attached hydrogens (primary N) is 1. The first-order chi connectivity index (χ1) is 9.70. The van der Waals surface area contributed by atoms with E-state index in [0.29, 0.717) is 5.92 Å². The van der Waals surface area contributed by atoms with Gasteiger partial charge in [-0.25, -0.2) is 0 Å². The lowest BCUT2D eigenvalue weighted by Crippen LogP contribution is -2.14. The van der Waals surface area contributed by atoms with Gasteiger partial charge < -0.3 is 5.73 Å². The summed E-state index contributed by atoms with van der Waals surface area (Å²) in [5.41, 5.74) is 9.12. The van der Waals surface area contributed by atoms with Gasteiger partial charge in [0.15, 0.2) is 0 Å². The predicted octanol–water partition coefficient (Wildman–Crippen LogP) is 5.56. The zero-order valence-electron chi connectivity index (χ0n) is 13.3. The monoisotopic (exact) mass is 273 g/mol. The van der Waals surface area contributed by atoms with Crippen molar-refractivity contribution in [1.82, 2.24) is 0 Å². The quantitative estimate of drug-likeness (QED) is 0.721. The normalized spacial score (nSPS) is 19.8. The maximum atomic E-state index is 6.37. The van der Waals surface area contributed by atoms with E-state index in [1.807, 2.05) is 0 Å². The second kappa shape index (κ2) is 7.83. The van der Waals surface area contributed by atoms with E-state index in [1.165, 1.54) is 56.1 Å². The summed E-state index contributed by atoms with van der Waals surface area (Å²) in [7, 11) is 0. The highest BCUT2D eigenvalue weighted by Gasteiger charge is 2.15. The van der Waals surface area contributed by atoms with Gasteiger partial charge in [-0.3, -0.25) is 0 Å². The van der Waals surface area contributed by atoms with Gasteiger partial charge in [0.05, 0.1) is 0 Å². The van der Waals surface area contributed by atoms with Gasteiger partial charge in [-0.05, 0) is 42.2 Å². The fourth-order valence-corrected chi connectivity index (χ4v) is 3.37. The van der Waals surface area contributed by atoms with Crippen molar-refractivity contribution in [2.24, 2.45) is 11.7 Å². The summed E-state index contributed by atoms with van der Waals surface area (Å²) < 4.78 is 0. The van der Waals surface area contributed by atoms with Gasteiger partial charge >= 0.3 is 0 Å². The fraction of sp³-hybridized carbons (Fsp3) is 0.684. The minimum Gasteiger partial charge on any atom is -0.324 e. The van der Waals surface area contributed by atoms with Crippen LogP contribution in [-0.2, 0) is 0 Å². The molecule has 0 aromatic heterocycles. The highest BCUT2D eigenvalue weighted by Crippen LogP contribution is 2.30. The van der Waals surface area contributed by atoms with E-state index in [9.17, 15) is 0 Å². The molecule has 2 atom stereocenters. The van der Waals surface area contributed by atoms with Crippen LogP contribution in [0.1, 0.15) is 88.3 Å². The van der Waals surface area contributed by atoms with E-state index < -0.39 is 0 Å². The molecule has 0 radical (unpaired) electrons. The third kappa shape index (κ3) is 4.34. The molecule has 1 aromatic carbocycles. The molecule has 0 heterocycles. The van der Waals surface area contributed by atoms with E-state index in [2.05, 4.69) is 38.1 Å². The second-order valence-corrected chi connectivity index (χ2v) is 6.66. The van der Waals surface area contributed by atoms with Crippen LogP contribution in [0, 0.1) is 5.92 Å². The van der Waals surface area contributed by atoms with E-state index >= 15 is 0 Å². The predicted molar refractivity (Wildman–Crippen MR) is 87.9 cm³/mol. The van der Waals surface area contributed by atoms with Crippen LogP contribution in [0.3, 0.4) is 0 Å². The molecule has 1 aliphatic carbocycles. The molecule has 1 aromatic rings. The Morgan fingerprint density at radius 1 is 1.05 bits per heavy atom. The largest absolute Gasteiger partial charge is 0.324 e. The Morgan fingerprint density at radius 3 is 2.25 bits per heavy atom. The Hall–Kier alpha value is -0.820. The molecular formula is C19H31N. The lowest BCUT2D eigenvalue weighted by atomic mass is 9.84. The van der Waals surface area contributed by atoms with E-state index in [0.717, 1.165) is 12.3 Å². The van der Waals surface area contributed by atoms with Gasteiger partial charge in [0.2, 0.25) is 0 Å². The molecular weight excluding hydrogens is 242 g/mol. The zero-order valence-corrected chi connectivity index (χ0v) is 13.3. The molecule has 112 valence electrons. The Bertz CT molecular complexity index is 375. The first kappa shape index (κ1) is 15.6. The van der Waals surface area contributed by atoms with Crippen LogP contribution in [0.25, 0.3) is 0 Å². The van der Waals surface area contributed by atoms with Gasteiger partial charge in [-0.1, -0.05) is 70.2 Å². The number of hydrogen-bond acceptors (Lipinski definition) is 1. The standard InChI is InChI=1S/C19H31N/c1-3-15(2)17-10-12-18(13-11-17)19(20)14-9-16-7-5-4-6-8-16/h10-13,15-16,19H,3-9,14,20H2,1-2H3. The Labute approximate surface area is 125 Å². The topological polar surface area (TPSA) is 26.0 Å². The van der Waals surface area contributed by atoms with Gasteiger partial charge in [0, 0.05) is 6.04 Å². The average molecular weight is 273 g/mol. The van der Waals surface area contributed by atoms with Crippen molar-refractivity contribution >= 4 is 0 Å². The molecule has 1 saturated carbocycles. The van der Waals surface area contributed by atoms with Crippen molar-refractivity contribution in [3.8, 4) is 0 Å². The molecule has 2 rings (SSSR count). The highest BCUT2D eigenvalue weighted by molar-refractivity contribution is 5.26. The van der Waals surface area contributed by atoms with Crippen LogP contribution >= 0.6 is 0 Å². The molecule has 0 saturated heterocycles. The van der Waals surface area contributed by atoms with Crippen molar-refractivity contribution in [2.45, 2.75) is 77.2 Å². The van der Waals surface area contributed by atoms with E-state index in [4.69, 9.17) is 5.73 Å². The van der Waals surface area contributed by atoms with Crippen molar-refractivity contribution in [3.63, 3.8) is 0 Å². The number of rotatable bonds is 6. The summed E-state index contributed by atoms with van der Waals surface area (Å²) in [5.74, 6) is 1.59. The van der Waals surface area contributed by atoms with Crippen LogP contribution in [0.15, 0.2) is 24.3 Å². The van der Waals surface area contributed by atoms with Crippen molar-refractivity contribution in [3.05, 3.63) is 35.4 Å². The Kier molecular flexibility index (Phi) is 6.09. The summed E-state index contributed by atoms with van der Waals surface area (Å²) in [4.78, 5) is 0. The van der Waals surface area contributed by atoms with Gasteiger partial charge in [0.1, 0.15) is 0 Å². The summed E-state index contributed by atoms with van der Waals surface area (Å²) in [6.45, 7) is 4.53. The molecule has 0 bridgehead atoms. The second-order valence-electron chi connectivity index (χ2n) is 6.66. The summed E-state index contributed by atoms with van der Waals surface area (Å²) >= 11 is 0. The molecule has 0 amide bonds. The minimum absolute atomic E-state index is 0.225. The zero-order chi connectivity index (χ0) is 14.4. The maximum absolute atomic E-state index is 6.37. The molecule has 1 aliphatic rings. The summed E-state index contributed by atoms with van der Waals surface area (Å²) in [6, 6.07) is 9.25. The first-order valence-electron chi connectivity index (χ1n) is 8.56. The third-order valence-electron chi connectivity index (χ3n) is 5.16. The van der Waals surface area contributed by atoms with Crippen LogP contribution in [0.4, 0.5) is 0 Å². The van der Waals surface area contributed by atoms with E-state index in [1.54, 1.807) is 0 Å². The first-order valence-corrected chi connectivity index (χ1v) is 8.56. The van der Waals surface area contributed by atoms with Gasteiger partial charge in [-0.15, -0.1) is 0 Å². The van der Waals surface area contributed by atoms with Crippen LogP contribution in [-0.4, -0.2) is 0 Å². The highest BCUT2D eigenvalue weighted by atomic mass is 14.6. The summed E-state index contributed by atoms with van der Waals surface area (Å²) in [5, 5.41) is 0. The molecule has 2 unspecified atom stereocenters. The Balaban J connectivity index is 1.83. The van der Waals surface area contributed by atoms with Crippen molar-refractivity contribution < 1.29 is 0 Å². The number of hydrogen-bond donors (Lipinski definition) is 1. The van der Waals surface area contributed by atoms with Crippen molar-refractivity contribution in [1.29, 1.82) is 0 Å². The maximum Gasteiger partial charge on any atom is 0.0294 e. The minimum atomic E-state index is 0.225. The molecule has 0 spiro atoms. The van der Waals surface area contributed by atoms with E-state index in [-0.39, 0.29) is 6.04 Å². The van der Waals surface area contributed by atoms with Crippen LogP contribution in [0.5, 0.6) is 0 Å². The molecule has 1 heteroatoms. The molecule has 0 aliphatic heterocycles. The van der Waals surface area contributed by atoms with Gasteiger partial charge in [0.25, 0.3) is 0 Å². The lowest BCUT2D eigenvalue weighted by molar-refractivity contribution is 0.324. The lowest BCUT2D eigenvalue weighted by Gasteiger charge is -2.23. The van der Waals surface area contributed by atoms with Crippen molar-refractivity contribution in [2.75, 3.05) is 0 Å². The average Bonchev–Trinajstić information content (AvgIpc) is 2.53. The Morgan fingerprint density at radius 2 is 1.65 bits per heavy atom. The van der Waals surface area contributed by atoms with Crippen LogP contribution in [0.2, 0.25) is 0 Å². The van der Waals surface area contributed by atoms with Gasteiger partial charge in [-0.2, -0.15) is 0 Å². The molecule has 20 heavy (non-hydrogen) atoms. The third-order valence-corrected chi connectivity index (χ3v) is 5.16. The summed E-state index contributed by atoms with van der Waals surface area (Å²) in [6.07, 6.45) is 10.8. The molecule has 1 nitrogen and oxygen atoms in total.